The van der Waals surface area contributed by atoms with E-state index in [-0.39, 0.29) is 25.0 Å². The maximum absolute atomic E-state index is 12.4. The molecule has 0 spiro atoms. The van der Waals surface area contributed by atoms with E-state index in [4.69, 9.17) is 9.15 Å². The summed E-state index contributed by atoms with van der Waals surface area (Å²) in [4.78, 5) is 24.7. The highest BCUT2D eigenvalue weighted by Gasteiger charge is 2.14. The number of nitrogens with one attached hydrogen (secondary N) is 2. The topological polar surface area (TPSA) is 80.6 Å². The minimum Gasteiger partial charge on any atom is -0.483 e. The number of anilines is 1. The maximum Gasteiger partial charge on any atom is 0.262 e. The Hall–Kier alpha value is -3.54. The standard InChI is InChI=1S/C21H20N2O4/c1-15-7-2-5-11-19(15)27-14-20(24)23-18-10-4-3-9-17(18)21(25)22-13-16-8-6-12-26-16/h2-12H,13-14H2,1H3,(H,22,25)(H,23,24). The van der Waals surface area contributed by atoms with E-state index in [0.717, 1.165) is 5.56 Å². The summed E-state index contributed by atoms with van der Waals surface area (Å²) in [5.74, 6) is 0.653. The zero-order valence-electron chi connectivity index (χ0n) is 14.9. The third kappa shape index (κ3) is 4.98. The van der Waals surface area contributed by atoms with Gasteiger partial charge in [0.05, 0.1) is 24.1 Å². The van der Waals surface area contributed by atoms with Crippen LogP contribution in [-0.4, -0.2) is 18.4 Å². The molecule has 27 heavy (non-hydrogen) atoms. The highest BCUT2D eigenvalue weighted by atomic mass is 16.5. The fourth-order valence-corrected chi connectivity index (χ4v) is 2.51. The Balaban J connectivity index is 1.60. The Morgan fingerprint density at radius 1 is 1.00 bits per heavy atom. The number of para-hydroxylation sites is 2. The second-order valence-corrected chi connectivity index (χ2v) is 5.91. The fraction of sp³-hybridized carbons (Fsp3) is 0.143. The van der Waals surface area contributed by atoms with Crippen LogP contribution in [0.1, 0.15) is 21.7 Å². The molecule has 1 aromatic heterocycles. The summed E-state index contributed by atoms with van der Waals surface area (Å²) in [6, 6.07) is 17.8. The van der Waals surface area contributed by atoms with Crippen molar-refractivity contribution in [2.24, 2.45) is 0 Å². The van der Waals surface area contributed by atoms with Crippen molar-refractivity contribution in [3.63, 3.8) is 0 Å². The summed E-state index contributed by atoms with van der Waals surface area (Å²) in [5.41, 5.74) is 1.74. The molecule has 0 radical (unpaired) electrons. The van der Waals surface area contributed by atoms with Crippen LogP contribution in [0, 0.1) is 6.92 Å². The smallest absolute Gasteiger partial charge is 0.262 e. The third-order valence-electron chi connectivity index (χ3n) is 3.90. The normalized spacial score (nSPS) is 10.3. The average molecular weight is 364 g/mol. The molecule has 0 saturated carbocycles. The molecular weight excluding hydrogens is 344 g/mol. The van der Waals surface area contributed by atoms with Crippen LogP contribution in [0.5, 0.6) is 5.75 Å². The number of ether oxygens (including phenoxy) is 1. The first-order chi connectivity index (χ1) is 13.1. The number of carbonyl (C=O) groups is 2. The largest absolute Gasteiger partial charge is 0.483 e. The third-order valence-corrected chi connectivity index (χ3v) is 3.90. The summed E-state index contributed by atoms with van der Waals surface area (Å²) in [6.45, 7) is 2.03. The van der Waals surface area contributed by atoms with Crippen LogP contribution in [0.3, 0.4) is 0 Å². The van der Waals surface area contributed by atoms with Crippen molar-refractivity contribution >= 4 is 17.5 Å². The summed E-state index contributed by atoms with van der Waals surface area (Å²) in [5, 5.41) is 5.49. The van der Waals surface area contributed by atoms with Gasteiger partial charge in [-0.1, -0.05) is 30.3 Å². The van der Waals surface area contributed by atoms with E-state index in [1.807, 2.05) is 25.1 Å². The molecule has 6 heteroatoms. The molecule has 0 aliphatic carbocycles. The van der Waals surface area contributed by atoms with Crippen LogP contribution in [0.2, 0.25) is 0 Å². The molecular formula is C21H20N2O4. The SMILES string of the molecule is Cc1ccccc1OCC(=O)Nc1ccccc1C(=O)NCc1ccco1. The first-order valence-electron chi connectivity index (χ1n) is 8.51. The van der Waals surface area contributed by atoms with Gasteiger partial charge in [-0.25, -0.2) is 0 Å². The van der Waals surface area contributed by atoms with Crippen molar-refractivity contribution < 1.29 is 18.7 Å². The molecule has 2 N–H and O–H groups in total. The maximum atomic E-state index is 12.4. The first kappa shape index (κ1) is 18.3. The van der Waals surface area contributed by atoms with Crippen molar-refractivity contribution in [3.8, 4) is 5.75 Å². The van der Waals surface area contributed by atoms with E-state index in [2.05, 4.69) is 10.6 Å². The average Bonchev–Trinajstić information content (AvgIpc) is 3.19. The number of carbonyl (C=O) groups excluding carboxylic acids is 2. The number of furan rings is 1. The van der Waals surface area contributed by atoms with Gasteiger partial charge in [0, 0.05) is 0 Å². The Morgan fingerprint density at radius 3 is 2.56 bits per heavy atom. The van der Waals surface area contributed by atoms with E-state index in [1.54, 1.807) is 48.7 Å². The van der Waals surface area contributed by atoms with E-state index in [1.165, 1.54) is 0 Å². The molecule has 2 amide bonds. The minimum absolute atomic E-state index is 0.146. The molecule has 1 heterocycles. The van der Waals surface area contributed by atoms with Gasteiger partial charge in [0.25, 0.3) is 11.8 Å². The number of hydrogen-bond donors (Lipinski definition) is 2. The first-order valence-corrected chi connectivity index (χ1v) is 8.51. The van der Waals surface area contributed by atoms with Gasteiger partial charge in [-0.2, -0.15) is 0 Å². The fourth-order valence-electron chi connectivity index (χ4n) is 2.51. The number of benzene rings is 2. The lowest BCUT2D eigenvalue weighted by Crippen LogP contribution is -2.26. The second kappa shape index (κ2) is 8.71. The van der Waals surface area contributed by atoms with E-state index < -0.39 is 0 Å². The van der Waals surface area contributed by atoms with Crippen molar-refractivity contribution in [2.75, 3.05) is 11.9 Å². The lowest BCUT2D eigenvalue weighted by atomic mass is 10.1. The lowest BCUT2D eigenvalue weighted by Gasteiger charge is -2.12. The van der Waals surface area contributed by atoms with Crippen molar-refractivity contribution in [1.82, 2.24) is 5.32 Å². The molecule has 0 atom stereocenters. The van der Waals surface area contributed by atoms with Crippen LogP contribution in [0.25, 0.3) is 0 Å². The summed E-state index contributed by atoms with van der Waals surface area (Å²) >= 11 is 0. The summed E-state index contributed by atoms with van der Waals surface area (Å²) < 4.78 is 10.7. The van der Waals surface area contributed by atoms with Gasteiger partial charge in [0.15, 0.2) is 6.61 Å². The zero-order valence-corrected chi connectivity index (χ0v) is 14.9. The van der Waals surface area contributed by atoms with Crippen LogP contribution in [0.15, 0.2) is 71.3 Å². The van der Waals surface area contributed by atoms with Crippen molar-refractivity contribution in [1.29, 1.82) is 0 Å². The van der Waals surface area contributed by atoms with Crippen molar-refractivity contribution in [2.45, 2.75) is 13.5 Å². The molecule has 0 saturated heterocycles. The van der Waals surface area contributed by atoms with E-state index in [9.17, 15) is 9.59 Å². The predicted octanol–water partition coefficient (Wildman–Crippen LogP) is 3.54. The van der Waals surface area contributed by atoms with Crippen LogP contribution < -0.4 is 15.4 Å². The van der Waals surface area contributed by atoms with Crippen LogP contribution in [0.4, 0.5) is 5.69 Å². The Morgan fingerprint density at radius 2 is 1.78 bits per heavy atom. The van der Waals surface area contributed by atoms with Gasteiger partial charge in [-0.05, 0) is 42.8 Å². The predicted molar refractivity (Wildman–Crippen MR) is 102 cm³/mol. The molecule has 3 aromatic rings. The highest BCUT2D eigenvalue weighted by molar-refractivity contribution is 6.04. The molecule has 0 fully saturated rings. The quantitative estimate of drug-likeness (QED) is 0.672. The molecule has 138 valence electrons. The van der Waals surface area contributed by atoms with Gasteiger partial charge in [0.2, 0.25) is 0 Å². The van der Waals surface area contributed by atoms with Gasteiger partial charge < -0.3 is 19.8 Å². The van der Waals surface area contributed by atoms with E-state index in [0.29, 0.717) is 22.8 Å². The Bertz CT molecular complexity index is 919. The second-order valence-electron chi connectivity index (χ2n) is 5.91. The monoisotopic (exact) mass is 364 g/mol. The molecule has 6 nitrogen and oxygen atoms in total. The van der Waals surface area contributed by atoms with Gasteiger partial charge in [-0.3, -0.25) is 9.59 Å². The molecule has 0 aliphatic heterocycles. The Labute approximate surface area is 157 Å². The molecule has 0 unspecified atom stereocenters. The molecule has 2 aromatic carbocycles. The number of aryl methyl sites for hydroxylation is 1. The number of hydrogen-bond acceptors (Lipinski definition) is 4. The zero-order chi connectivity index (χ0) is 19.1. The number of rotatable bonds is 7. The van der Waals surface area contributed by atoms with Gasteiger partial charge in [-0.15, -0.1) is 0 Å². The van der Waals surface area contributed by atoms with Crippen LogP contribution >= 0.6 is 0 Å². The van der Waals surface area contributed by atoms with Crippen molar-refractivity contribution in [3.05, 3.63) is 83.8 Å². The Kier molecular flexibility index (Phi) is 5.89. The molecule has 3 rings (SSSR count). The van der Waals surface area contributed by atoms with Crippen LogP contribution in [-0.2, 0) is 11.3 Å². The molecule has 0 aliphatic rings. The minimum atomic E-state index is -0.343. The van der Waals surface area contributed by atoms with E-state index >= 15 is 0 Å². The van der Waals surface area contributed by atoms with Gasteiger partial charge >= 0.3 is 0 Å². The summed E-state index contributed by atoms with van der Waals surface area (Å²) in [6.07, 6.45) is 1.55. The summed E-state index contributed by atoms with van der Waals surface area (Å²) in [7, 11) is 0. The van der Waals surface area contributed by atoms with Gasteiger partial charge in [0.1, 0.15) is 11.5 Å². The lowest BCUT2D eigenvalue weighted by molar-refractivity contribution is -0.118. The number of amides is 2. The molecule has 0 bridgehead atoms. The highest BCUT2D eigenvalue weighted by Crippen LogP contribution is 2.17.